The van der Waals surface area contributed by atoms with E-state index in [1.165, 1.54) is 38.6 Å². The van der Waals surface area contributed by atoms with E-state index < -0.39 is 11.4 Å². The molecule has 0 unspecified atom stereocenters. The molecule has 216 valence electrons. The summed E-state index contributed by atoms with van der Waals surface area (Å²) < 4.78 is 22.4. The molecule has 1 fully saturated rings. The number of amides is 2. The average Bonchev–Trinajstić information content (AvgIpc) is 3.46. The number of carbonyl (C=O) groups is 2. The summed E-state index contributed by atoms with van der Waals surface area (Å²) in [4.78, 5) is 46.6. The first-order valence-corrected chi connectivity index (χ1v) is 14.7. The third-order valence-electron chi connectivity index (χ3n) is 7.51. The molecule has 1 aliphatic carbocycles. The molecule has 0 bridgehead atoms. The van der Waals surface area contributed by atoms with Crippen LogP contribution in [0.3, 0.4) is 0 Å². The van der Waals surface area contributed by atoms with Gasteiger partial charge in [-0.25, -0.2) is 9.37 Å². The van der Waals surface area contributed by atoms with Gasteiger partial charge in [-0.3, -0.25) is 14.4 Å². The van der Waals surface area contributed by atoms with E-state index >= 15 is 4.39 Å². The lowest BCUT2D eigenvalue weighted by Crippen LogP contribution is -2.40. The molecule has 9 nitrogen and oxygen atoms in total. The van der Waals surface area contributed by atoms with Crippen LogP contribution in [0.1, 0.15) is 43.3 Å². The molecule has 2 N–H and O–H groups in total. The lowest BCUT2D eigenvalue weighted by Gasteiger charge is -2.26. The summed E-state index contributed by atoms with van der Waals surface area (Å²) in [5, 5.41) is 5.71. The van der Waals surface area contributed by atoms with Gasteiger partial charge in [-0.1, -0.05) is 6.07 Å². The highest BCUT2D eigenvalue weighted by molar-refractivity contribution is 7.14. The Hall–Kier alpha value is -4.35. The molecule has 42 heavy (non-hydrogen) atoms. The van der Waals surface area contributed by atoms with E-state index in [1.54, 1.807) is 48.3 Å². The predicted molar refractivity (Wildman–Crippen MR) is 160 cm³/mol. The van der Waals surface area contributed by atoms with Gasteiger partial charge < -0.3 is 24.8 Å². The number of anilines is 3. The van der Waals surface area contributed by atoms with Crippen molar-refractivity contribution in [1.29, 1.82) is 0 Å². The van der Waals surface area contributed by atoms with E-state index in [0.717, 1.165) is 25.7 Å². The van der Waals surface area contributed by atoms with Gasteiger partial charge in [0.15, 0.2) is 11.6 Å². The van der Waals surface area contributed by atoms with Crippen molar-refractivity contribution < 1.29 is 18.7 Å². The molecule has 6 rings (SSSR count). The molecule has 1 aliphatic heterocycles. The Kier molecular flexibility index (Phi) is 7.86. The highest BCUT2D eigenvalue weighted by Gasteiger charge is 2.21. The van der Waals surface area contributed by atoms with E-state index in [4.69, 9.17) is 4.74 Å². The standard InChI is InChI=1S/C31H30FN5O4S/c1-36-18-24(22-6-4-7-23(27(22)32)35-29(38)26-17-20-5-2-3-8-25(20)42-26)34-28(31(36)40)33-21-11-9-19(10-12-21)30(39)37-13-15-41-16-14-37/h4,6-7,9-12,17-18H,2-3,5,8,13-16H2,1H3,(H,33,34)(H,35,38). The number of aryl methyl sites for hydroxylation is 3. The van der Waals surface area contributed by atoms with Crippen LogP contribution in [0.25, 0.3) is 11.3 Å². The summed E-state index contributed by atoms with van der Waals surface area (Å²) >= 11 is 1.47. The smallest absolute Gasteiger partial charge is 0.293 e. The Bertz CT molecular complexity index is 1690. The molecular weight excluding hydrogens is 557 g/mol. The summed E-state index contributed by atoms with van der Waals surface area (Å²) in [5.41, 5.74) is 2.28. The maximum absolute atomic E-state index is 15.7. The fraction of sp³-hybridized carbons (Fsp3) is 0.290. The number of rotatable bonds is 6. The largest absolute Gasteiger partial charge is 0.378 e. The number of fused-ring (bicyclic) bond motifs is 1. The molecule has 11 heteroatoms. The lowest BCUT2D eigenvalue weighted by molar-refractivity contribution is 0.0303. The third-order valence-corrected chi connectivity index (χ3v) is 8.74. The highest BCUT2D eigenvalue weighted by atomic mass is 32.1. The Balaban J connectivity index is 1.22. The topological polar surface area (TPSA) is 106 Å². The average molecular weight is 588 g/mol. The number of halogens is 1. The molecule has 2 aliphatic rings. The number of aromatic nitrogens is 2. The minimum absolute atomic E-state index is 0.000241. The Morgan fingerprint density at radius 1 is 1.05 bits per heavy atom. The Morgan fingerprint density at radius 2 is 1.81 bits per heavy atom. The zero-order valence-electron chi connectivity index (χ0n) is 23.1. The molecular formula is C31H30FN5O4S. The van der Waals surface area contributed by atoms with E-state index in [0.29, 0.717) is 42.4 Å². The first-order chi connectivity index (χ1) is 20.4. The van der Waals surface area contributed by atoms with Crippen molar-refractivity contribution in [3.63, 3.8) is 0 Å². The van der Waals surface area contributed by atoms with Crippen LogP contribution in [0.2, 0.25) is 0 Å². The lowest BCUT2D eigenvalue weighted by atomic mass is 9.99. The van der Waals surface area contributed by atoms with E-state index in [2.05, 4.69) is 15.6 Å². The van der Waals surface area contributed by atoms with Crippen LogP contribution in [0.15, 0.2) is 59.5 Å². The highest BCUT2D eigenvalue weighted by Crippen LogP contribution is 2.31. The Labute approximate surface area is 246 Å². The van der Waals surface area contributed by atoms with Gasteiger partial charge in [0.25, 0.3) is 17.4 Å². The van der Waals surface area contributed by atoms with Gasteiger partial charge in [-0.05, 0) is 73.7 Å². The maximum Gasteiger partial charge on any atom is 0.293 e. The van der Waals surface area contributed by atoms with E-state index in [9.17, 15) is 14.4 Å². The van der Waals surface area contributed by atoms with Gasteiger partial charge in [-0.2, -0.15) is 0 Å². The molecule has 2 aromatic heterocycles. The number of morpholine rings is 1. The summed E-state index contributed by atoms with van der Waals surface area (Å²) in [6.07, 6.45) is 5.63. The van der Waals surface area contributed by atoms with Gasteiger partial charge in [-0.15, -0.1) is 11.3 Å². The van der Waals surface area contributed by atoms with Crippen LogP contribution in [-0.4, -0.2) is 52.6 Å². The van der Waals surface area contributed by atoms with Crippen LogP contribution >= 0.6 is 11.3 Å². The van der Waals surface area contributed by atoms with Gasteiger partial charge in [0.05, 0.1) is 29.5 Å². The van der Waals surface area contributed by atoms with Crippen LogP contribution in [0.4, 0.5) is 21.6 Å². The SMILES string of the molecule is Cn1cc(-c2cccc(NC(=O)c3cc4c(s3)CCCC4)c2F)nc(Nc2ccc(C(=O)N3CCOCC3)cc2)c1=O. The molecule has 2 amide bonds. The minimum Gasteiger partial charge on any atom is -0.378 e. The normalized spacial score (nSPS) is 14.8. The van der Waals surface area contributed by atoms with Crippen LogP contribution in [0.5, 0.6) is 0 Å². The molecule has 3 heterocycles. The van der Waals surface area contributed by atoms with Crippen LogP contribution in [0, 0.1) is 5.82 Å². The summed E-state index contributed by atoms with van der Waals surface area (Å²) in [6, 6.07) is 13.4. The van der Waals surface area contributed by atoms with Crippen molar-refractivity contribution in [2.24, 2.45) is 7.05 Å². The maximum atomic E-state index is 15.7. The Morgan fingerprint density at radius 3 is 2.57 bits per heavy atom. The fourth-order valence-electron chi connectivity index (χ4n) is 5.21. The first kappa shape index (κ1) is 27.8. The van der Waals surface area contributed by atoms with Crippen molar-refractivity contribution in [2.75, 3.05) is 36.9 Å². The predicted octanol–water partition coefficient (Wildman–Crippen LogP) is 5.00. The van der Waals surface area contributed by atoms with Crippen molar-refractivity contribution in [3.8, 4) is 11.3 Å². The number of carbonyl (C=O) groups excluding carboxylic acids is 2. The van der Waals surface area contributed by atoms with Crippen molar-refractivity contribution in [3.05, 3.63) is 91.8 Å². The number of hydrogen-bond acceptors (Lipinski definition) is 7. The number of nitrogens with zero attached hydrogens (tertiary/aromatic N) is 3. The third kappa shape index (κ3) is 5.70. The summed E-state index contributed by atoms with van der Waals surface area (Å²) in [5.74, 6) is -1.07. The van der Waals surface area contributed by atoms with Gasteiger partial charge in [0, 0.05) is 48.0 Å². The summed E-state index contributed by atoms with van der Waals surface area (Å²) in [6.45, 7) is 2.12. The second kappa shape index (κ2) is 11.9. The van der Waals surface area contributed by atoms with Gasteiger partial charge in [0.1, 0.15) is 0 Å². The molecule has 0 radical (unpaired) electrons. The van der Waals surface area contributed by atoms with E-state index in [1.807, 2.05) is 6.07 Å². The molecule has 0 atom stereocenters. The zero-order valence-corrected chi connectivity index (χ0v) is 23.9. The summed E-state index contributed by atoms with van der Waals surface area (Å²) in [7, 11) is 1.56. The molecule has 1 saturated heterocycles. The monoisotopic (exact) mass is 587 g/mol. The van der Waals surface area contributed by atoms with Crippen molar-refractivity contribution in [1.82, 2.24) is 14.5 Å². The van der Waals surface area contributed by atoms with Crippen LogP contribution in [-0.2, 0) is 24.6 Å². The number of thiophene rings is 1. The number of hydrogen-bond donors (Lipinski definition) is 2. The number of benzene rings is 2. The quantitative estimate of drug-likeness (QED) is 0.329. The molecule has 2 aromatic carbocycles. The van der Waals surface area contributed by atoms with Crippen molar-refractivity contribution >= 4 is 40.3 Å². The van der Waals surface area contributed by atoms with E-state index in [-0.39, 0.29) is 34.6 Å². The molecule has 4 aromatic rings. The molecule has 0 saturated carbocycles. The second-order valence-corrected chi connectivity index (χ2v) is 11.5. The number of ether oxygens (including phenoxy) is 1. The van der Waals surface area contributed by atoms with Crippen molar-refractivity contribution in [2.45, 2.75) is 25.7 Å². The van der Waals surface area contributed by atoms with Gasteiger partial charge in [0.2, 0.25) is 0 Å². The fourth-order valence-corrected chi connectivity index (χ4v) is 6.36. The van der Waals surface area contributed by atoms with Gasteiger partial charge >= 0.3 is 0 Å². The zero-order chi connectivity index (χ0) is 29.2. The minimum atomic E-state index is -0.643. The first-order valence-electron chi connectivity index (χ1n) is 13.9. The number of nitrogens with one attached hydrogen (secondary N) is 2. The molecule has 0 spiro atoms. The van der Waals surface area contributed by atoms with Crippen LogP contribution < -0.4 is 16.2 Å². The second-order valence-electron chi connectivity index (χ2n) is 10.4.